The average molecular weight is 277 g/mol. The average Bonchev–Trinajstić information content (AvgIpc) is 2.47. The van der Waals surface area contributed by atoms with Crippen molar-refractivity contribution < 1.29 is 9.47 Å². The maximum atomic E-state index is 6.21. The molecule has 0 saturated carbocycles. The molecule has 0 saturated heterocycles. The van der Waals surface area contributed by atoms with Crippen molar-refractivity contribution in [1.82, 2.24) is 5.32 Å². The quantitative estimate of drug-likeness (QED) is 0.795. The van der Waals surface area contributed by atoms with Gasteiger partial charge in [0.1, 0.15) is 17.1 Å². The van der Waals surface area contributed by atoms with Crippen LogP contribution in [0.2, 0.25) is 0 Å². The number of nitrogens with one attached hydrogen (secondary N) is 1. The van der Waals surface area contributed by atoms with Gasteiger partial charge in [-0.3, -0.25) is 0 Å². The van der Waals surface area contributed by atoms with Crippen LogP contribution in [0, 0.1) is 0 Å². The first-order valence-corrected chi connectivity index (χ1v) is 7.72. The number of methoxy groups -OCH3 is 1. The minimum absolute atomic E-state index is 0.0779. The zero-order chi connectivity index (χ0) is 14.6. The molecular weight excluding hydrogens is 250 g/mol. The van der Waals surface area contributed by atoms with Gasteiger partial charge in [-0.05, 0) is 44.5 Å². The van der Waals surface area contributed by atoms with E-state index in [0.717, 1.165) is 30.9 Å². The third kappa shape index (κ3) is 3.26. The summed E-state index contributed by atoms with van der Waals surface area (Å²) in [5, 5.41) is 3.68. The fourth-order valence-corrected chi connectivity index (χ4v) is 2.72. The Bertz CT molecular complexity index is 447. The van der Waals surface area contributed by atoms with Crippen molar-refractivity contribution in [3.8, 4) is 11.5 Å². The van der Waals surface area contributed by atoms with Gasteiger partial charge in [0, 0.05) is 18.0 Å². The van der Waals surface area contributed by atoms with E-state index in [-0.39, 0.29) is 5.60 Å². The second-order valence-corrected chi connectivity index (χ2v) is 5.87. The molecule has 0 bridgehead atoms. The van der Waals surface area contributed by atoms with Crippen LogP contribution in [0.1, 0.15) is 58.1 Å². The SMILES string of the molecule is CCCCNC1CC(C)(CC)Oc2ccc(OC)cc21. The van der Waals surface area contributed by atoms with Crippen molar-refractivity contribution in [1.29, 1.82) is 0 Å². The van der Waals surface area contributed by atoms with E-state index in [1.165, 1.54) is 18.4 Å². The molecule has 0 fully saturated rings. The monoisotopic (exact) mass is 277 g/mol. The van der Waals surface area contributed by atoms with Crippen molar-refractivity contribution in [2.45, 2.75) is 58.1 Å². The fourth-order valence-electron chi connectivity index (χ4n) is 2.72. The molecule has 1 N–H and O–H groups in total. The Labute approximate surface area is 122 Å². The Morgan fingerprint density at radius 3 is 2.85 bits per heavy atom. The summed E-state index contributed by atoms with van der Waals surface area (Å²) in [5.41, 5.74) is 1.15. The van der Waals surface area contributed by atoms with E-state index in [4.69, 9.17) is 9.47 Å². The molecule has 1 aliphatic rings. The van der Waals surface area contributed by atoms with E-state index < -0.39 is 0 Å². The predicted molar refractivity (Wildman–Crippen MR) is 82.6 cm³/mol. The highest BCUT2D eigenvalue weighted by atomic mass is 16.5. The number of fused-ring (bicyclic) bond motifs is 1. The number of hydrogen-bond donors (Lipinski definition) is 1. The Hall–Kier alpha value is -1.22. The summed E-state index contributed by atoms with van der Waals surface area (Å²) in [5.74, 6) is 1.89. The summed E-state index contributed by atoms with van der Waals surface area (Å²) in [4.78, 5) is 0. The molecule has 0 aliphatic carbocycles. The molecule has 20 heavy (non-hydrogen) atoms. The molecule has 0 aromatic heterocycles. The largest absolute Gasteiger partial charge is 0.497 e. The normalized spacial score (nSPS) is 24.9. The lowest BCUT2D eigenvalue weighted by atomic mass is 9.86. The maximum Gasteiger partial charge on any atom is 0.125 e. The Balaban J connectivity index is 2.25. The molecule has 1 aliphatic heterocycles. The lowest BCUT2D eigenvalue weighted by Crippen LogP contribution is -2.41. The fraction of sp³-hybridized carbons (Fsp3) is 0.647. The van der Waals surface area contributed by atoms with Crippen LogP contribution in [-0.2, 0) is 0 Å². The summed E-state index contributed by atoms with van der Waals surface area (Å²) < 4.78 is 11.6. The summed E-state index contributed by atoms with van der Waals surface area (Å²) in [6.07, 6.45) is 4.45. The molecule has 0 spiro atoms. The smallest absolute Gasteiger partial charge is 0.125 e. The Kier molecular flexibility index (Phi) is 4.92. The van der Waals surface area contributed by atoms with Gasteiger partial charge in [-0.25, -0.2) is 0 Å². The molecule has 0 radical (unpaired) electrons. The molecule has 112 valence electrons. The van der Waals surface area contributed by atoms with Crippen molar-refractivity contribution >= 4 is 0 Å². The lowest BCUT2D eigenvalue weighted by Gasteiger charge is -2.40. The zero-order valence-corrected chi connectivity index (χ0v) is 13.2. The van der Waals surface area contributed by atoms with Crippen molar-refractivity contribution in [3.63, 3.8) is 0 Å². The van der Waals surface area contributed by atoms with Crippen LogP contribution in [-0.4, -0.2) is 19.3 Å². The highest BCUT2D eigenvalue weighted by molar-refractivity contribution is 5.44. The molecule has 1 heterocycles. The second kappa shape index (κ2) is 6.49. The van der Waals surface area contributed by atoms with E-state index in [0.29, 0.717) is 6.04 Å². The first-order chi connectivity index (χ1) is 9.61. The lowest BCUT2D eigenvalue weighted by molar-refractivity contribution is 0.0441. The standard InChI is InChI=1S/C17H27NO2/c1-5-7-10-18-15-12-17(3,6-2)20-16-9-8-13(19-4)11-14(15)16/h8-9,11,15,18H,5-7,10,12H2,1-4H3. The second-order valence-electron chi connectivity index (χ2n) is 5.87. The topological polar surface area (TPSA) is 30.5 Å². The molecule has 3 heteroatoms. The van der Waals surface area contributed by atoms with Gasteiger partial charge in [0.25, 0.3) is 0 Å². The van der Waals surface area contributed by atoms with E-state index >= 15 is 0 Å². The van der Waals surface area contributed by atoms with E-state index in [2.05, 4.69) is 32.2 Å². The Morgan fingerprint density at radius 2 is 2.20 bits per heavy atom. The highest BCUT2D eigenvalue weighted by Crippen LogP contribution is 2.42. The van der Waals surface area contributed by atoms with E-state index in [9.17, 15) is 0 Å². The summed E-state index contributed by atoms with van der Waals surface area (Å²) in [7, 11) is 1.71. The van der Waals surface area contributed by atoms with Crippen LogP contribution < -0.4 is 14.8 Å². The van der Waals surface area contributed by atoms with Crippen LogP contribution in [0.3, 0.4) is 0 Å². The summed E-state index contributed by atoms with van der Waals surface area (Å²) in [6, 6.07) is 6.47. The minimum atomic E-state index is -0.0779. The van der Waals surface area contributed by atoms with Crippen LogP contribution in [0.15, 0.2) is 18.2 Å². The molecule has 1 aromatic carbocycles. The number of unbranched alkanes of at least 4 members (excludes halogenated alkanes) is 1. The van der Waals surface area contributed by atoms with E-state index in [1.54, 1.807) is 7.11 Å². The van der Waals surface area contributed by atoms with Gasteiger partial charge >= 0.3 is 0 Å². The van der Waals surface area contributed by atoms with Crippen molar-refractivity contribution in [2.24, 2.45) is 0 Å². The third-order valence-electron chi connectivity index (χ3n) is 4.25. The molecule has 2 unspecified atom stereocenters. The first-order valence-electron chi connectivity index (χ1n) is 7.72. The maximum absolute atomic E-state index is 6.21. The minimum Gasteiger partial charge on any atom is -0.497 e. The van der Waals surface area contributed by atoms with Crippen molar-refractivity contribution in [2.75, 3.05) is 13.7 Å². The number of benzene rings is 1. The molecule has 2 atom stereocenters. The van der Waals surface area contributed by atoms with Crippen LogP contribution in [0.25, 0.3) is 0 Å². The molecule has 3 nitrogen and oxygen atoms in total. The van der Waals surface area contributed by atoms with Crippen molar-refractivity contribution in [3.05, 3.63) is 23.8 Å². The van der Waals surface area contributed by atoms with Gasteiger partial charge in [-0.2, -0.15) is 0 Å². The van der Waals surface area contributed by atoms with Gasteiger partial charge in [0.15, 0.2) is 0 Å². The zero-order valence-electron chi connectivity index (χ0n) is 13.2. The number of rotatable bonds is 6. The van der Waals surface area contributed by atoms with Gasteiger partial charge in [0.05, 0.1) is 7.11 Å². The number of ether oxygens (including phenoxy) is 2. The van der Waals surface area contributed by atoms with Gasteiger partial charge < -0.3 is 14.8 Å². The molecular formula is C17H27NO2. The van der Waals surface area contributed by atoms with E-state index in [1.807, 2.05) is 12.1 Å². The van der Waals surface area contributed by atoms with Gasteiger partial charge in [-0.15, -0.1) is 0 Å². The van der Waals surface area contributed by atoms with Gasteiger partial charge in [0.2, 0.25) is 0 Å². The molecule has 2 rings (SSSR count). The molecule has 1 aromatic rings. The summed E-state index contributed by atoms with van der Waals surface area (Å²) >= 11 is 0. The number of hydrogen-bond acceptors (Lipinski definition) is 3. The van der Waals surface area contributed by atoms with Gasteiger partial charge in [-0.1, -0.05) is 20.3 Å². The first kappa shape index (κ1) is 15.2. The predicted octanol–water partition coefficient (Wildman–Crippen LogP) is 4.08. The Morgan fingerprint density at radius 1 is 1.40 bits per heavy atom. The summed E-state index contributed by atoms with van der Waals surface area (Å²) in [6.45, 7) is 7.67. The van der Waals surface area contributed by atoms with Crippen LogP contribution in [0.4, 0.5) is 0 Å². The third-order valence-corrected chi connectivity index (χ3v) is 4.25. The van der Waals surface area contributed by atoms with Crippen LogP contribution in [0.5, 0.6) is 11.5 Å². The van der Waals surface area contributed by atoms with Crippen LogP contribution >= 0.6 is 0 Å². The molecule has 0 amide bonds. The highest BCUT2D eigenvalue weighted by Gasteiger charge is 2.35.